The maximum Gasteiger partial charge on any atom is 0.113 e. The summed E-state index contributed by atoms with van der Waals surface area (Å²) in [5, 5.41) is 9.90. The number of fused-ring (bicyclic) bond motifs is 4. The molecule has 37 heavy (non-hydrogen) atoms. The zero-order chi connectivity index (χ0) is 25.4. The Labute approximate surface area is 219 Å². The lowest BCUT2D eigenvalue weighted by atomic mass is 9.81. The van der Waals surface area contributed by atoms with E-state index in [0.29, 0.717) is 0 Å². The fourth-order valence-electron chi connectivity index (χ4n) is 5.66. The first-order valence-electron chi connectivity index (χ1n) is 13.0. The highest BCUT2D eigenvalue weighted by atomic mass is 14.2. The summed E-state index contributed by atoms with van der Waals surface area (Å²) in [6.07, 6.45) is 0. The molecule has 174 valence electrons. The van der Waals surface area contributed by atoms with Crippen molar-refractivity contribution >= 4 is 56.4 Å². The highest BCUT2D eigenvalue weighted by Gasteiger charge is 2.19. The van der Waals surface area contributed by atoms with E-state index >= 15 is 0 Å². The smallest absolute Gasteiger partial charge is 0.0960 e. The third kappa shape index (κ3) is 3.79. The third-order valence-corrected chi connectivity index (χ3v) is 7.17. The molecule has 0 saturated carbocycles. The molecule has 0 aliphatic carbocycles. The molecule has 0 spiro atoms. The third-order valence-electron chi connectivity index (χ3n) is 7.17. The van der Waals surface area contributed by atoms with Crippen molar-refractivity contribution in [2.45, 2.75) is 13.8 Å². The summed E-state index contributed by atoms with van der Waals surface area (Å²) in [5.74, 6) is 0. The summed E-state index contributed by atoms with van der Waals surface area (Å²) in [6.45, 7) is 4.00. The molecule has 0 nitrogen and oxygen atoms in total. The van der Waals surface area contributed by atoms with Crippen molar-refractivity contribution in [1.29, 1.82) is 0 Å². The molecule has 0 aliphatic heterocycles. The summed E-state index contributed by atoms with van der Waals surface area (Å²) in [5.41, 5.74) is 5.76. The van der Waals surface area contributed by atoms with Gasteiger partial charge < -0.3 is 0 Å². The van der Waals surface area contributed by atoms with Crippen LogP contribution in [0.4, 0.5) is 0 Å². The first kappa shape index (κ1) is 23.1. The Morgan fingerprint density at radius 1 is 0.378 bits per heavy atom. The second-order valence-electron chi connectivity index (χ2n) is 9.15. The molecule has 7 rings (SSSR count). The minimum atomic E-state index is 0.776. The molecule has 0 saturated heterocycles. The van der Waals surface area contributed by atoms with E-state index in [2.05, 4.69) is 121 Å². The van der Waals surface area contributed by atoms with Gasteiger partial charge in [0, 0.05) is 0 Å². The largest absolute Gasteiger partial charge is 0.113 e. The number of rotatable bonds is 2. The quantitative estimate of drug-likeness (QED) is 0.174. The lowest BCUT2D eigenvalue weighted by Gasteiger charge is -2.20. The van der Waals surface area contributed by atoms with Gasteiger partial charge in [-0.05, 0) is 65.3 Å². The Balaban J connectivity index is 0.00000123. The number of benzene rings is 7. The first-order chi connectivity index (χ1) is 18.3. The Kier molecular flexibility index (Phi) is 5.98. The van der Waals surface area contributed by atoms with E-state index in [1.165, 1.54) is 65.3 Å². The molecular formula is C36H27B. The van der Waals surface area contributed by atoms with Gasteiger partial charge in [-0.2, -0.15) is 0 Å². The molecule has 0 aromatic heterocycles. The fourth-order valence-corrected chi connectivity index (χ4v) is 5.66. The Bertz CT molecular complexity index is 1900. The van der Waals surface area contributed by atoms with Gasteiger partial charge >= 0.3 is 0 Å². The van der Waals surface area contributed by atoms with E-state index in [9.17, 15) is 0 Å². The van der Waals surface area contributed by atoms with Crippen LogP contribution in [0.2, 0.25) is 0 Å². The lowest BCUT2D eigenvalue weighted by Crippen LogP contribution is -2.02. The number of hydrogen-bond acceptors (Lipinski definition) is 0. The van der Waals surface area contributed by atoms with E-state index < -0.39 is 0 Å². The predicted molar refractivity (Wildman–Crippen MR) is 164 cm³/mol. The monoisotopic (exact) mass is 470 g/mol. The average Bonchev–Trinajstić information content (AvgIpc) is 2.96. The van der Waals surface area contributed by atoms with Gasteiger partial charge in [0.1, 0.15) is 7.85 Å². The second-order valence-corrected chi connectivity index (χ2v) is 9.15. The van der Waals surface area contributed by atoms with Gasteiger partial charge in [0.25, 0.3) is 0 Å². The van der Waals surface area contributed by atoms with Crippen LogP contribution in [0, 0.1) is 0 Å². The Morgan fingerprint density at radius 3 is 1.32 bits per heavy atom. The van der Waals surface area contributed by atoms with Crippen molar-refractivity contribution in [2.75, 3.05) is 0 Å². The molecule has 0 heterocycles. The summed E-state index contributed by atoms with van der Waals surface area (Å²) >= 11 is 0. The van der Waals surface area contributed by atoms with Crippen LogP contribution in [0.1, 0.15) is 13.8 Å². The minimum Gasteiger partial charge on any atom is -0.0960 e. The zero-order valence-corrected chi connectivity index (χ0v) is 21.2. The maximum absolute atomic E-state index is 6.41. The first-order valence-corrected chi connectivity index (χ1v) is 13.0. The van der Waals surface area contributed by atoms with Crippen molar-refractivity contribution in [3.8, 4) is 22.3 Å². The fraction of sp³-hybridized carbons (Fsp3) is 0.0556. The molecule has 0 N–H and O–H groups in total. The molecule has 7 aromatic carbocycles. The van der Waals surface area contributed by atoms with Crippen molar-refractivity contribution in [3.05, 3.63) is 127 Å². The molecule has 7 aromatic rings. The predicted octanol–water partition coefficient (Wildman–Crippen LogP) is 9.45. The van der Waals surface area contributed by atoms with E-state index in [4.69, 9.17) is 7.85 Å². The van der Waals surface area contributed by atoms with Gasteiger partial charge in [0.05, 0.1) is 0 Å². The van der Waals surface area contributed by atoms with Gasteiger partial charge in [-0.15, -0.1) is 0 Å². The Hall–Kier alpha value is -4.36. The van der Waals surface area contributed by atoms with Crippen LogP contribution in [0.3, 0.4) is 0 Å². The normalized spacial score (nSPS) is 11.1. The van der Waals surface area contributed by atoms with Crippen LogP contribution < -0.4 is 5.46 Å². The van der Waals surface area contributed by atoms with Crippen LogP contribution in [-0.2, 0) is 0 Å². The molecule has 0 fully saturated rings. The highest BCUT2D eigenvalue weighted by molar-refractivity contribution is 6.35. The molecule has 0 aliphatic rings. The summed E-state index contributed by atoms with van der Waals surface area (Å²) in [6, 6.07) is 45.6. The van der Waals surface area contributed by atoms with Crippen molar-refractivity contribution in [3.63, 3.8) is 0 Å². The Morgan fingerprint density at radius 2 is 0.784 bits per heavy atom. The van der Waals surface area contributed by atoms with E-state index in [0.717, 1.165) is 5.46 Å². The summed E-state index contributed by atoms with van der Waals surface area (Å²) < 4.78 is 0. The highest BCUT2D eigenvalue weighted by Crippen LogP contribution is 2.46. The van der Waals surface area contributed by atoms with Crippen molar-refractivity contribution in [2.24, 2.45) is 0 Å². The van der Waals surface area contributed by atoms with Gasteiger partial charge in [-0.3, -0.25) is 0 Å². The molecule has 0 unspecified atom stereocenters. The molecule has 0 atom stereocenters. The van der Waals surface area contributed by atoms with Gasteiger partial charge in [-0.1, -0.05) is 147 Å². The van der Waals surface area contributed by atoms with Crippen LogP contribution >= 0.6 is 0 Å². The van der Waals surface area contributed by atoms with Gasteiger partial charge in [0.15, 0.2) is 0 Å². The van der Waals surface area contributed by atoms with Crippen molar-refractivity contribution in [1.82, 2.24) is 0 Å². The lowest BCUT2D eigenvalue weighted by molar-refractivity contribution is 1.50. The summed E-state index contributed by atoms with van der Waals surface area (Å²) in [4.78, 5) is 0. The average molecular weight is 470 g/mol. The van der Waals surface area contributed by atoms with Crippen LogP contribution in [-0.4, -0.2) is 7.85 Å². The van der Waals surface area contributed by atoms with E-state index in [-0.39, 0.29) is 0 Å². The SMILES string of the molecule is CC.[B]c1ccc2c(-c3cccc4ccccc34)c3ccccc3c(-c3cccc4ccccc34)c2c1. The van der Waals surface area contributed by atoms with Gasteiger partial charge in [-0.25, -0.2) is 0 Å². The van der Waals surface area contributed by atoms with E-state index in [1.54, 1.807) is 0 Å². The maximum atomic E-state index is 6.41. The second kappa shape index (κ2) is 9.60. The molecule has 2 radical (unpaired) electrons. The van der Waals surface area contributed by atoms with Crippen LogP contribution in [0.15, 0.2) is 127 Å². The number of hydrogen-bond donors (Lipinski definition) is 0. The van der Waals surface area contributed by atoms with Crippen molar-refractivity contribution < 1.29 is 0 Å². The van der Waals surface area contributed by atoms with Crippen LogP contribution in [0.25, 0.3) is 65.3 Å². The van der Waals surface area contributed by atoms with E-state index in [1.807, 2.05) is 19.9 Å². The standard InChI is InChI=1S/C34H21B.C2H6/c35-24-19-20-31-32(21-24)34(28-18-8-12-23-10-2-4-14-26(23)28)30-16-6-5-15-29(30)33(31)27-17-7-11-22-9-1-3-13-25(22)27;1-2/h1-21H;1-2H3. The minimum absolute atomic E-state index is 0.776. The van der Waals surface area contributed by atoms with Crippen LogP contribution in [0.5, 0.6) is 0 Å². The molecule has 0 bridgehead atoms. The topological polar surface area (TPSA) is 0 Å². The molecule has 1 heteroatoms. The summed E-state index contributed by atoms with van der Waals surface area (Å²) in [7, 11) is 6.41. The van der Waals surface area contributed by atoms with Gasteiger partial charge in [0.2, 0.25) is 0 Å². The zero-order valence-electron chi connectivity index (χ0n) is 21.2. The molecule has 0 amide bonds. The molecular weight excluding hydrogens is 443 g/mol.